The molecule has 1 aromatic heterocycles. The molecule has 0 bridgehead atoms. The summed E-state index contributed by atoms with van der Waals surface area (Å²) in [5.41, 5.74) is 1.34. The highest BCUT2D eigenvalue weighted by atomic mass is 16.5. The number of rotatable bonds is 4. The van der Waals surface area contributed by atoms with Crippen LogP contribution in [0.15, 0.2) is 18.5 Å². The van der Waals surface area contributed by atoms with Gasteiger partial charge in [-0.3, -0.25) is 0 Å². The molecule has 1 saturated heterocycles. The molecule has 1 fully saturated rings. The van der Waals surface area contributed by atoms with Gasteiger partial charge in [-0.2, -0.15) is 0 Å². The Labute approximate surface area is 91.4 Å². The molecule has 2 unspecified atom stereocenters. The molecule has 0 saturated carbocycles. The van der Waals surface area contributed by atoms with E-state index in [0.717, 1.165) is 13.1 Å². The van der Waals surface area contributed by atoms with Crippen molar-refractivity contribution in [2.45, 2.75) is 45.1 Å². The highest BCUT2D eigenvalue weighted by Crippen LogP contribution is 2.20. The Morgan fingerprint density at radius 1 is 1.53 bits per heavy atom. The van der Waals surface area contributed by atoms with Gasteiger partial charge in [0.1, 0.15) is 0 Å². The standard InChI is InChI=1S/C12H20N2O/c1-10-3-4-12(15-10)9-14-6-5-11(8-14)7-13-2/h5-6,8,10,12-13H,3-4,7,9H2,1-2H3. The molecule has 1 aromatic rings. The first-order valence-corrected chi connectivity index (χ1v) is 5.72. The minimum absolute atomic E-state index is 0.412. The van der Waals surface area contributed by atoms with Crippen molar-refractivity contribution in [1.29, 1.82) is 0 Å². The molecule has 2 atom stereocenters. The van der Waals surface area contributed by atoms with Gasteiger partial charge in [0.2, 0.25) is 0 Å². The van der Waals surface area contributed by atoms with E-state index in [1.165, 1.54) is 18.4 Å². The number of hydrogen-bond acceptors (Lipinski definition) is 2. The van der Waals surface area contributed by atoms with E-state index in [0.29, 0.717) is 12.2 Å². The second kappa shape index (κ2) is 4.81. The van der Waals surface area contributed by atoms with E-state index in [4.69, 9.17) is 4.74 Å². The van der Waals surface area contributed by atoms with Crippen LogP contribution in [-0.4, -0.2) is 23.8 Å². The number of nitrogens with one attached hydrogen (secondary N) is 1. The van der Waals surface area contributed by atoms with Gasteiger partial charge in [-0.1, -0.05) is 0 Å². The van der Waals surface area contributed by atoms with Crippen LogP contribution in [0, 0.1) is 0 Å². The molecule has 0 aliphatic carbocycles. The third-order valence-corrected chi connectivity index (χ3v) is 2.93. The topological polar surface area (TPSA) is 26.2 Å². The van der Waals surface area contributed by atoms with Crippen LogP contribution in [0.2, 0.25) is 0 Å². The molecule has 2 heterocycles. The maximum atomic E-state index is 5.80. The van der Waals surface area contributed by atoms with Gasteiger partial charge in [0, 0.05) is 25.5 Å². The quantitative estimate of drug-likeness (QED) is 0.816. The summed E-state index contributed by atoms with van der Waals surface area (Å²) in [6, 6.07) is 2.16. The van der Waals surface area contributed by atoms with Crippen molar-refractivity contribution in [2.75, 3.05) is 7.05 Å². The Bertz CT molecular complexity index is 308. The number of hydrogen-bond donors (Lipinski definition) is 1. The van der Waals surface area contributed by atoms with E-state index >= 15 is 0 Å². The van der Waals surface area contributed by atoms with Gasteiger partial charge in [-0.15, -0.1) is 0 Å². The van der Waals surface area contributed by atoms with Crippen LogP contribution >= 0.6 is 0 Å². The predicted molar refractivity (Wildman–Crippen MR) is 60.8 cm³/mol. The largest absolute Gasteiger partial charge is 0.373 e. The molecule has 0 amide bonds. The van der Waals surface area contributed by atoms with Crippen molar-refractivity contribution in [3.63, 3.8) is 0 Å². The molecule has 1 aliphatic heterocycles. The molecule has 15 heavy (non-hydrogen) atoms. The third kappa shape index (κ3) is 2.83. The summed E-state index contributed by atoms with van der Waals surface area (Å²) in [5.74, 6) is 0. The summed E-state index contributed by atoms with van der Waals surface area (Å²) in [7, 11) is 1.97. The van der Waals surface area contributed by atoms with Gasteiger partial charge >= 0.3 is 0 Å². The molecule has 1 aliphatic rings. The van der Waals surface area contributed by atoms with Gasteiger partial charge in [-0.25, -0.2) is 0 Å². The maximum Gasteiger partial charge on any atom is 0.0758 e. The maximum absolute atomic E-state index is 5.80. The number of ether oxygens (including phenoxy) is 1. The third-order valence-electron chi connectivity index (χ3n) is 2.93. The van der Waals surface area contributed by atoms with Crippen molar-refractivity contribution >= 4 is 0 Å². The van der Waals surface area contributed by atoms with Crippen LogP contribution in [-0.2, 0) is 17.8 Å². The SMILES string of the molecule is CNCc1ccn(CC2CCC(C)O2)c1. The Balaban J connectivity index is 1.87. The Morgan fingerprint density at radius 3 is 3.07 bits per heavy atom. The molecule has 84 valence electrons. The fourth-order valence-electron chi connectivity index (χ4n) is 2.17. The fraction of sp³-hybridized carbons (Fsp3) is 0.667. The fourth-order valence-corrected chi connectivity index (χ4v) is 2.17. The summed E-state index contributed by atoms with van der Waals surface area (Å²) in [6.07, 6.45) is 7.59. The highest BCUT2D eigenvalue weighted by molar-refractivity contribution is 5.09. The molecule has 2 rings (SSSR count). The van der Waals surface area contributed by atoms with E-state index in [1.807, 2.05) is 7.05 Å². The Morgan fingerprint density at radius 2 is 2.40 bits per heavy atom. The average molecular weight is 208 g/mol. The molecule has 0 spiro atoms. The minimum atomic E-state index is 0.412. The van der Waals surface area contributed by atoms with Crippen LogP contribution in [0.25, 0.3) is 0 Å². The lowest BCUT2D eigenvalue weighted by molar-refractivity contribution is 0.0458. The van der Waals surface area contributed by atoms with Crippen molar-refractivity contribution < 1.29 is 4.74 Å². The smallest absolute Gasteiger partial charge is 0.0758 e. The first-order valence-electron chi connectivity index (χ1n) is 5.72. The molecular formula is C12H20N2O. The van der Waals surface area contributed by atoms with Gasteiger partial charge < -0.3 is 14.6 Å². The predicted octanol–water partition coefficient (Wildman–Crippen LogP) is 1.77. The van der Waals surface area contributed by atoms with Crippen LogP contribution < -0.4 is 5.32 Å². The monoisotopic (exact) mass is 208 g/mol. The van der Waals surface area contributed by atoms with Crippen LogP contribution in [0.4, 0.5) is 0 Å². The lowest BCUT2D eigenvalue weighted by atomic mass is 10.2. The van der Waals surface area contributed by atoms with Crippen molar-refractivity contribution in [3.8, 4) is 0 Å². The number of nitrogens with zero attached hydrogens (tertiary/aromatic N) is 1. The zero-order valence-electron chi connectivity index (χ0n) is 9.57. The highest BCUT2D eigenvalue weighted by Gasteiger charge is 2.21. The van der Waals surface area contributed by atoms with E-state index in [2.05, 4.69) is 35.3 Å². The van der Waals surface area contributed by atoms with Gasteiger partial charge in [-0.05, 0) is 38.4 Å². The summed E-state index contributed by atoms with van der Waals surface area (Å²) in [6.45, 7) is 4.09. The number of aromatic nitrogens is 1. The first-order chi connectivity index (χ1) is 7.28. The van der Waals surface area contributed by atoms with Crippen molar-refractivity contribution in [2.24, 2.45) is 0 Å². The zero-order valence-corrected chi connectivity index (χ0v) is 9.57. The van der Waals surface area contributed by atoms with Gasteiger partial charge in [0.15, 0.2) is 0 Å². The molecule has 1 N–H and O–H groups in total. The van der Waals surface area contributed by atoms with Crippen LogP contribution in [0.3, 0.4) is 0 Å². The Kier molecular flexibility index (Phi) is 3.44. The normalized spacial score (nSPS) is 26.0. The summed E-state index contributed by atoms with van der Waals surface area (Å²) >= 11 is 0. The van der Waals surface area contributed by atoms with Crippen LogP contribution in [0.5, 0.6) is 0 Å². The van der Waals surface area contributed by atoms with E-state index < -0.39 is 0 Å². The second-order valence-electron chi connectivity index (χ2n) is 4.39. The van der Waals surface area contributed by atoms with Gasteiger partial charge in [0.25, 0.3) is 0 Å². The lowest BCUT2D eigenvalue weighted by Gasteiger charge is -2.11. The first kappa shape index (κ1) is 10.7. The molecule has 0 radical (unpaired) electrons. The summed E-state index contributed by atoms with van der Waals surface area (Å²) in [5, 5.41) is 3.15. The Hall–Kier alpha value is -0.800. The molecule has 3 heteroatoms. The van der Waals surface area contributed by atoms with Crippen molar-refractivity contribution in [1.82, 2.24) is 9.88 Å². The van der Waals surface area contributed by atoms with Gasteiger partial charge in [0.05, 0.1) is 12.2 Å². The summed E-state index contributed by atoms with van der Waals surface area (Å²) < 4.78 is 8.03. The summed E-state index contributed by atoms with van der Waals surface area (Å²) in [4.78, 5) is 0. The van der Waals surface area contributed by atoms with E-state index in [-0.39, 0.29) is 0 Å². The second-order valence-corrected chi connectivity index (χ2v) is 4.39. The molecular weight excluding hydrogens is 188 g/mol. The van der Waals surface area contributed by atoms with Crippen molar-refractivity contribution in [3.05, 3.63) is 24.0 Å². The van der Waals surface area contributed by atoms with Crippen LogP contribution in [0.1, 0.15) is 25.3 Å². The minimum Gasteiger partial charge on any atom is -0.373 e. The van der Waals surface area contributed by atoms with E-state index in [9.17, 15) is 0 Å². The molecule has 3 nitrogen and oxygen atoms in total. The average Bonchev–Trinajstić information content (AvgIpc) is 2.78. The van der Waals surface area contributed by atoms with E-state index in [1.54, 1.807) is 0 Å². The lowest BCUT2D eigenvalue weighted by Crippen LogP contribution is -2.15. The molecule has 0 aromatic carbocycles. The zero-order chi connectivity index (χ0) is 10.7.